The number of amides is 2. The molecule has 1 fully saturated rings. The number of benzene rings is 1. The molecule has 0 unspecified atom stereocenters. The summed E-state index contributed by atoms with van der Waals surface area (Å²) in [5.41, 5.74) is 2.47. The predicted octanol–water partition coefficient (Wildman–Crippen LogP) is 2.85. The molecule has 1 aliphatic rings. The monoisotopic (exact) mass is 341 g/mol. The standard InChI is InChI=1S/C20H27N3O2/c1-15(2)23-14-17(18-6-4-5-7-19(18)23)8-9-20(25)22-12-10-21(11-13-22)16(3)24/h4-7,14-15H,8-13H2,1-3H3. The van der Waals surface area contributed by atoms with Gasteiger partial charge in [-0.2, -0.15) is 0 Å². The first-order valence-corrected chi connectivity index (χ1v) is 9.09. The molecule has 2 amide bonds. The van der Waals surface area contributed by atoms with Crippen molar-refractivity contribution in [3.63, 3.8) is 0 Å². The molecule has 0 spiro atoms. The first-order chi connectivity index (χ1) is 12.0. The average Bonchev–Trinajstić information content (AvgIpc) is 2.99. The van der Waals surface area contributed by atoms with Crippen molar-refractivity contribution in [1.29, 1.82) is 0 Å². The van der Waals surface area contributed by atoms with Crippen molar-refractivity contribution in [2.75, 3.05) is 26.2 Å². The molecule has 5 heteroatoms. The van der Waals surface area contributed by atoms with E-state index in [9.17, 15) is 9.59 Å². The van der Waals surface area contributed by atoms with Gasteiger partial charge in [-0.1, -0.05) is 18.2 Å². The third kappa shape index (κ3) is 3.70. The fourth-order valence-corrected chi connectivity index (χ4v) is 3.57. The Morgan fingerprint density at radius 3 is 2.32 bits per heavy atom. The van der Waals surface area contributed by atoms with Gasteiger partial charge >= 0.3 is 0 Å². The minimum Gasteiger partial charge on any atom is -0.345 e. The van der Waals surface area contributed by atoms with E-state index in [0.29, 0.717) is 38.6 Å². The van der Waals surface area contributed by atoms with Crippen molar-refractivity contribution < 1.29 is 9.59 Å². The van der Waals surface area contributed by atoms with E-state index in [-0.39, 0.29) is 11.8 Å². The Labute approximate surface area is 149 Å². The van der Waals surface area contributed by atoms with E-state index in [1.807, 2.05) is 4.90 Å². The lowest BCUT2D eigenvalue weighted by Crippen LogP contribution is -2.50. The van der Waals surface area contributed by atoms with Gasteiger partial charge in [-0.3, -0.25) is 9.59 Å². The number of fused-ring (bicyclic) bond motifs is 1. The Kier molecular flexibility index (Phi) is 5.11. The predicted molar refractivity (Wildman–Crippen MR) is 99.5 cm³/mol. The lowest BCUT2D eigenvalue weighted by Gasteiger charge is -2.34. The topological polar surface area (TPSA) is 45.6 Å². The summed E-state index contributed by atoms with van der Waals surface area (Å²) < 4.78 is 2.28. The number of carbonyl (C=O) groups excluding carboxylic acids is 2. The molecule has 0 saturated carbocycles. The lowest BCUT2D eigenvalue weighted by molar-refractivity contribution is -0.138. The molecule has 0 aliphatic carbocycles. The number of aromatic nitrogens is 1. The van der Waals surface area contributed by atoms with Gasteiger partial charge in [0.1, 0.15) is 0 Å². The van der Waals surface area contributed by atoms with E-state index in [0.717, 1.165) is 6.42 Å². The minimum atomic E-state index is 0.0913. The van der Waals surface area contributed by atoms with Crippen molar-refractivity contribution in [2.24, 2.45) is 0 Å². The third-order valence-electron chi connectivity index (χ3n) is 5.07. The molecule has 1 saturated heterocycles. The summed E-state index contributed by atoms with van der Waals surface area (Å²) in [7, 11) is 0. The van der Waals surface area contributed by atoms with Gasteiger partial charge in [0, 0.05) is 62.7 Å². The van der Waals surface area contributed by atoms with Gasteiger partial charge < -0.3 is 14.4 Å². The summed E-state index contributed by atoms with van der Waals surface area (Å²) in [6, 6.07) is 8.79. The molecule has 1 aromatic carbocycles. The van der Waals surface area contributed by atoms with Crippen LogP contribution in [0.3, 0.4) is 0 Å². The zero-order valence-electron chi connectivity index (χ0n) is 15.4. The molecule has 2 aromatic rings. The molecule has 134 valence electrons. The highest BCUT2D eigenvalue weighted by molar-refractivity contribution is 5.85. The van der Waals surface area contributed by atoms with E-state index in [1.54, 1.807) is 11.8 Å². The quantitative estimate of drug-likeness (QED) is 0.858. The van der Waals surface area contributed by atoms with Crippen LogP contribution in [-0.4, -0.2) is 52.4 Å². The van der Waals surface area contributed by atoms with Crippen LogP contribution in [0, 0.1) is 0 Å². The van der Waals surface area contributed by atoms with Crippen LogP contribution in [0.15, 0.2) is 30.5 Å². The highest BCUT2D eigenvalue weighted by atomic mass is 16.2. The molecule has 2 heterocycles. The van der Waals surface area contributed by atoms with Gasteiger partial charge in [0.05, 0.1) is 0 Å². The van der Waals surface area contributed by atoms with Gasteiger partial charge in [0.15, 0.2) is 0 Å². The Morgan fingerprint density at radius 2 is 1.68 bits per heavy atom. The summed E-state index contributed by atoms with van der Waals surface area (Å²) in [5, 5.41) is 1.24. The Balaban J connectivity index is 1.65. The van der Waals surface area contributed by atoms with Gasteiger partial charge in [-0.25, -0.2) is 0 Å². The van der Waals surface area contributed by atoms with Crippen molar-refractivity contribution in [3.8, 4) is 0 Å². The van der Waals surface area contributed by atoms with Crippen molar-refractivity contribution in [1.82, 2.24) is 14.4 Å². The molecule has 1 aromatic heterocycles. The summed E-state index contributed by atoms with van der Waals surface area (Å²) in [6.07, 6.45) is 3.47. The summed E-state index contributed by atoms with van der Waals surface area (Å²) in [4.78, 5) is 27.6. The van der Waals surface area contributed by atoms with Crippen LogP contribution in [0.2, 0.25) is 0 Å². The van der Waals surface area contributed by atoms with Gasteiger partial charge in [-0.05, 0) is 31.9 Å². The van der Waals surface area contributed by atoms with Crippen molar-refractivity contribution >= 4 is 22.7 Å². The molecule has 5 nitrogen and oxygen atoms in total. The van der Waals surface area contributed by atoms with E-state index in [4.69, 9.17) is 0 Å². The highest BCUT2D eigenvalue weighted by Crippen LogP contribution is 2.25. The Hall–Kier alpha value is -2.30. The number of carbonyl (C=O) groups is 2. The van der Waals surface area contributed by atoms with Crippen molar-refractivity contribution in [2.45, 2.75) is 39.7 Å². The van der Waals surface area contributed by atoms with Crippen LogP contribution in [0.25, 0.3) is 10.9 Å². The van der Waals surface area contributed by atoms with Gasteiger partial charge in [-0.15, -0.1) is 0 Å². The SMILES string of the molecule is CC(=O)N1CCN(C(=O)CCc2cn(C(C)C)c3ccccc23)CC1. The molecule has 3 rings (SSSR count). The van der Waals surface area contributed by atoms with Gasteiger partial charge in [0.25, 0.3) is 0 Å². The summed E-state index contributed by atoms with van der Waals surface area (Å²) in [6.45, 7) is 8.52. The number of para-hydroxylation sites is 1. The van der Waals surface area contributed by atoms with Crippen LogP contribution in [0.1, 0.15) is 38.8 Å². The number of nitrogens with zero attached hydrogens (tertiary/aromatic N) is 3. The van der Waals surface area contributed by atoms with Crippen LogP contribution in [0.4, 0.5) is 0 Å². The van der Waals surface area contributed by atoms with Crippen LogP contribution < -0.4 is 0 Å². The smallest absolute Gasteiger partial charge is 0.223 e. The molecule has 0 radical (unpaired) electrons. The number of rotatable bonds is 4. The van der Waals surface area contributed by atoms with E-state index in [1.165, 1.54) is 16.5 Å². The normalized spacial score (nSPS) is 15.2. The summed E-state index contributed by atoms with van der Waals surface area (Å²) in [5.74, 6) is 0.276. The maximum atomic E-state index is 12.5. The van der Waals surface area contributed by atoms with E-state index < -0.39 is 0 Å². The number of hydrogen-bond donors (Lipinski definition) is 0. The van der Waals surface area contributed by atoms with Crippen molar-refractivity contribution in [3.05, 3.63) is 36.0 Å². The number of aryl methyl sites for hydroxylation is 1. The van der Waals surface area contributed by atoms with Crippen LogP contribution >= 0.6 is 0 Å². The van der Waals surface area contributed by atoms with E-state index in [2.05, 4.69) is 48.9 Å². The summed E-state index contributed by atoms with van der Waals surface area (Å²) >= 11 is 0. The molecule has 0 atom stereocenters. The third-order valence-corrected chi connectivity index (χ3v) is 5.07. The first-order valence-electron chi connectivity index (χ1n) is 9.09. The zero-order valence-corrected chi connectivity index (χ0v) is 15.4. The Morgan fingerprint density at radius 1 is 1.04 bits per heavy atom. The Bertz CT molecular complexity index is 770. The molecule has 25 heavy (non-hydrogen) atoms. The molecular weight excluding hydrogens is 314 g/mol. The van der Waals surface area contributed by atoms with Crippen LogP contribution in [0.5, 0.6) is 0 Å². The maximum Gasteiger partial charge on any atom is 0.223 e. The number of piperazine rings is 1. The van der Waals surface area contributed by atoms with Crippen LogP contribution in [-0.2, 0) is 16.0 Å². The zero-order chi connectivity index (χ0) is 18.0. The van der Waals surface area contributed by atoms with Gasteiger partial charge in [0.2, 0.25) is 11.8 Å². The first kappa shape index (κ1) is 17.5. The van der Waals surface area contributed by atoms with E-state index >= 15 is 0 Å². The number of hydrogen-bond acceptors (Lipinski definition) is 2. The fourth-order valence-electron chi connectivity index (χ4n) is 3.57. The second-order valence-corrected chi connectivity index (χ2v) is 7.06. The maximum absolute atomic E-state index is 12.5. The second-order valence-electron chi connectivity index (χ2n) is 7.06. The minimum absolute atomic E-state index is 0.0913. The molecule has 0 N–H and O–H groups in total. The fraction of sp³-hybridized carbons (Fsp3) is 0.500. The molecule has 0 bridgehead atoms. The largest absolute Gasteiger partial charge is 0.345 e. The highest BCUT2D eigenvalue weighted by Gasteiger charge is 2.22. The molecule has 1 aliphatic heterocycles. The molecular formula is C20H27N3O2. The lowest BCUT2D eigenvalue weighted by atomic mass is 10.1. The average molecular weight is 341 g/mol. The second kappa shape index (κ2) is 7.30.